The lowest BCUT2D eigenvalue weighted by atomic mass is 9.87. The van der Waals surface area contributed by atoms with Gasteiger partial charge in [-0.25, -0.2) is 0 Å². The van der Waals surface area contributed by atoms with Crippen LogP contribution in [0.25, 0.3) is 0 Å². The predicted octanol–water partition coefficient (Wildman–Crippen LogP) is 2.22. The Labute approximate surface area is 116 Å². The van der Waals surface area contributed by atoms with Crippen LogP contribution in [0.15, 0.2) is 30.3 Å². The van der Waals surface area contributed by atoms with Gasteiger partial charge in [-0.1, -0.05) is 30.3 Å². The number of carbonyl (C=O) groups is 1. The molecule has 3 heteroatoms. The molecule has 0 aliphatic carbocycles. The maximum absolute atomic E-state index is 12.6. The molecule has 1 heterocycles. The van der Waals surface area contributed by atoms with E-state index in [2.05, 4.69) is 17.1 Å². The molecule has 104 valence electrons. The Bertz CT molecular complexity index is 414. The molecule has 1 saturated heterocycles. The molecule has 0 spiro atoms. The third-order valence-electron chi connectivity index (χ3n) is 4.06. The quantitative estimate of drug-likeness (QED) is 0.900. The second-order valence-corrected chi connectivity index (χ2v) is 5.69. The van der Waals surface area contributed by atoms with E-state index in [0.717, 1.165) is 31.5 Å². The number of hydrogen-bond acceptors (Lipinski definition) is 2. The summed E-state index contributed by atoms with van der Waals surface area (Å²) in [5.41, 5.74) is 1.07. The van der Waals surface area contributed by atoms with Gasteiger partial charge in [-0.05, 0) is 38.8 Å². The minimum Gasteiger partial charge on any atom is -0.336 e. The number of rotatable bonds is 4. The average Bonchev–Trinajstić information content (AvgIpc) is 2.40. The van der Waals surface area contributed by atoms with E-state index >= 15 is 0 Å². The topological polar surface area (TPSA) is 32.3 Å². The summed E-state index contributed by atoms with van der Waals surface area (Å²) in [5.74, 6) is 0.253. The number of piperidine rings is 1. The molecule has 1 aromatic rings. The van der Waals surface area contributed by atoms with Crippen molar-refractivity contribution in [3.63, 3.8) is 0 Å². The minimum absolute atomic E-state index is 0.0289. The zero-order valence-electron chi connectivity index (χ0n) is 12.0. The molecule has 0 bridgehead atoms. The van der Waals surface area contributed by atoms with Crippen molar-refractivity contribution >= 4 is 5.91 Å². The van der Waals surface area contributed by atoms with Gasteiger partial charge >= 0.3 is 0 Å². The van der Waals surface area contributed by atoms with Crippen LogP contribution in [-0.2, 0) is 11.2 Å². The first-order valence-electron chi connectivity index (χ1n) is 7.15. The van der Waals surface area contributed by atoms with Crippen LogP contribution in [0.3, 0.4) is 0 Å². The fourth-order valence-electron chi connectivity index (χ4n) is 3.04. The number of amides is 1. The highest BCUT2D eigenvalue weighted by molar-refractivity contribution is 5.79. The average molecular weight is 260 g/mol. The number of likely N-dealkylation sites (tertiary alicyclic amines) is 1. The van der Waals surface area contributed by atoms with Crippen molar-refractivity contribution in [2.75, 3.05) is 20.1 Å². The maximum Gasteiger partial charge on any atom is 0.227 e. The summed E-state index contributed by atoms with van der Waals surface area (Å²) in [6.45, 7) is 3.96. The lowest BCUT2D eigenvalue weighted by Crippen LogP contribution is -2.57. The lowest BCUT2D eigenvalue weighted by molar-refractivity contribution is -0.138. The van der Waals surface area contributed by atoms with Gasteiger partial charge in [0, 0.05) is 13.1 Å². The smallest absolute Gasteiger partial charge is 0.227 e. The van der Waals surface area contributed by atoms with E-state index in [0.29, 0.717) is 6.42 Å². The molecule has 2 rings (SSSR count). The highest BCUT2D eigenvalue weighted by atomic mass is 16.2. The van der Waals surface area contributed by atoms with Gasteiger partial charge in [-0.3, -0.25) is 4.79 Å². The molecule has 19 heavy (non-hydrogen) atoms. The van der Waals surface area contributed by atoms with E-state index in [1.807, 2.05) is 37.4 Å². The Morgan fingerprint density at radius 2 is 2.05 bits per heavy atom. The van der Waals surface area contributed by atoms with Crippen LogP contribution in [0, 0.1) is 0 Å². The Hall–Kier alpha value is -1.35. The Balaban J connectivity index is 2.07. The molecule has 0 aromatic heterocycles. The van der Waals surface area contributed by atoms with Crippen LogP contribution in [0.2, 0.25) is 0 Å². The van der Waals surface area contributed by atoms with Gasteiger partial charge in [0.05, 0.1) is 12.0 Å². The molecule has 1 aliphatic rings. The molecule has 0 radical (unpaired) electrons. The van der Waals surface area contributed by atoms with E-state index in [1.54, 1.807) is 0 Å². The molecule has 1 fully saturated rings. The van der Waals surface area contributed by atoms with Gasteiger partial charge in [-0.2, -0.15) is 0 Å². The zero-order valence-corrected chi connectivity index (χ0v) is 12.0. The third-order valence-corrected chi connectivity index (χ3v) is 4.06. The van der Waals surface area contributed by atoms with E-state index in [-0.39, 0.29) is 11.4 Å². The fourth-order valence-corrected chi connectivity index (χ4v) is 3.04. The highest BCUT2D eigenvalue weighted by Crippen LogP contribution is 2.28. The van der Waals surface area contributed by atoms with Gasteiger partial charge in [-0.15, -0.1) is 0 Å². The molecule has 1 N–H and O–H groups in total. The van der Waals surface area contributed by atoms with Crippen molar-refractivity contribution < 1.29 is 4.79 Å². The van der Waals surface area contributed by atoms with Gasteiger partial charge in [0.2, 0.25) is 5.91 Å². The molecule has 1 aromatic carbocycles. The normalized spacial score (nSPS) is 23.4. The Kier molecular flexibility index (Phi) is 4.59. The predicted molar refractivity (Wildman–Crippen MR) is 78.0 cm³/mol. The number of benzene rings is 1. The second-order valence-electron chi connectivity index (χ2n) is 5.69. The molecule has 1 aliphatic heterocycles. The monoisotopic (exact) mass is 260 g/mol. The van der Waals surface area contributed by atoms with Gasteiger partial charge < -0.3 is 10.2 Å². The molecule has 1 atom stereocenters. The van der Waals surface area contributed by atoms with E-state index in [1.165, 1.54) is 6.42 Å². The first-order chi connectivity index (χ1) is 9.15. The van der Waals surface area contributed by atoms with Crippen LogP contribution in [0.5, 0.6) is 0 Å². The van der Waals surface area contributed by atoms with Crippen LogP contribution in [-0.4, -0.2) is 36.5 Å². The van der Waals surface area contributed by atoms with Crippen molar-refractivity contribution in [2.45, 2.75) is 38.1 Å². The van der Waals surface area contributed by atoms with Crippen molar-refractivity contribution in [2.24, 2.45) is 0 Å². The van der Waals surface area contributed by atoms with E-state index < -0.39 is 0 Å². The number of likely N-dealkylation sites (N-methyl/N-ethyl adjacent to an activating group) is 1. The first kappa shape index (κ1) is 14.1. The van der Waals surface area contributed by atoms with Crippen molar-refractivity contribution in [1.82, 2.24) is 10.2 Å². The summed E-state index contributed by atoms with van der Waals surface area (Å²) >= 11 is 0. The SMILES string of the molecule is CNCC1(C)CCCCN1C(=O)Cc1ccccc1. The number of nitrogens with one attached hydrogen (secondary N) is 1. The summed E-state index contributed by atoms with van der Waals surface area (Å²) in [5, 5.41) is 3.23. The highest BCUT2D eigenvalue weighted by Gasteiger charge is 2.36. The van der Waals surface area contributed by atoms with Crippen LogP contribution in [0.1, 0.15) is 31.7 Å². The van der Waals surface area contributed by atoms with Gasteiger partial charge in [0.25, 0.3) is 0 Å². The van der Waals surface area contributed by atoms with Crippen LogP contribution >= 0.6 is 0 Å². The summed E-state index contributed by atoms with van der Waals surface area (Å²) in [4.78, 5) is 14.6. The van der Waals surface area contributed by atoms with Crippen molar-refractivity contribution in [3.05, 3.63) is 35.9 Å². The van der Waals surface area contributed by atoms with Crippen molar-refractivity contribution in [3.8, 4) is 0 Å². The van der Waals surface area contributed by atoms with Crippen molar-refractivity contribution in [1.29, 1.82) is 0 Å². The number of nitrogens with zero attached hydrogens (tertiary/aromatic N) is 1. The second kappa shape index (κ2) is 6.20. The van der Waals surface area contributed by atoms with E-state index in [4.69, 9.17) is 0 Å². The van der Waals surface area contributed by atoms with Crippen LogP contribution < -0.4 is 5.32 Å². The number of hydrogen-bond donors (Lipinski definition) is 1. The van der Waals surface area contributed by atoms with Gasteiger partial charge in [0.1, 0.15) is 0 Å². The summed E-state index contributed by atoms with van der Waals surface area (Å²) in [6, 6.07) is 10.0. The third kappa shape index (κ3) is 3.35. The Morgan fingerprint density at radius 3 is 2.74 bits per heavy atom. The Morgan fingerprint density at radius 1 is 1.32 bits per heavy atom. The number of carbonyl (C=O) groups excluding carboxylic acids is 1. The zero-order chi connectivity index (χ0) is 13.7. The summed E-state index contributed by atoms with van der Waals surface area (Å²) in [7, 11) is 1.96. The standard InChI is InChI=1S/C16H24N2O/c1-16(13-17-2)10-6-7-11-18(16)15(19)12-14-8-4-3-5-9-14/h3-5,8-9,17H,6-7,10-13H2,1-2H3. The molecule has 0 saturated carbocycles. The van der Waals surface area contributed by atoms with E-state index in [9.17, 15) is 4.79 Å². The fraction of sp³-hybridized carbons (Fsp3) is 0.562. The molecule has 3 nitrogen and oxygen atoms in total. The lowest BCUT2D eigenvalue weighted by Gasteiger charge is -2.45. The molecular formula is C16H24N2O. The largest absolute Gasteiger partial charge is 0.336 e. The summed E-state index contributed by atoms with van der Waals surface area (Å²) < 4.78 is 0. The van der Waals surface area contributed by atoms with Gasteiger partial charge in [0.15, 0.2) is 0 Å². The summed E-state index contributed by atoms with van der Waals surface area (Å²) in [6.07, 6.45) is 3.95. The molecular weight excluding hydrogens is 236 g/mol. The maximum atomic E-state index is 12.6. The first-order valence-corrected chi connectivity index (χ1v) is 7.15. The molecule has 1 amide bonds. The molecule has 1 unspecified atom stereocenters. The van der Waals surface area contributed by atoms with Crippen LogP contribution in [0.4, 0.5) is 0 Å². The minimum atomic E-state index is -0.0289.